The smallest absolute Gasteiger partial charge is 0.410 e. The summed E-state index contributed by atoms with van der Waals surface area (Å²) >= 11 is 3.06. The summed E-state index contributed by atoms with van der Waals surface area (Å²) in [5.41, 5.74) is 6.55. The first-order valence-corrected chi connectivity index (χ1v) is 12.6. The van der Waals surface area contributed by atoms with E-state index in [9.17, 15) is 23.5 Å². The van der Waals surface area contributed by atoms with Gasteiger partial charge in [0.15, 0.2) is 0 Å². The first kappa shape index (κ1) is 29.6. The van der Waals surface area contributed by atoms with Gasteiger partial charge in [0.25, 0.3) is 0 Å². The summed E-state index contributed by atoms with van der Waals surface area (Å²) in [6.45, 7) is 5.17. The zero-order valence-corrected chi connectivity index (χ0v) is 23.4. The number of carboxylic acid groups (broad SMARTS) is 1. The molecule has 0 radical (unpaired) electrons. The maximum Gasteiger partial charge on any atom is 0.410 e. The molecule has 208 valence electrons. The number of aromatic carboxylic acids is 1. The van der Waals surface area contributed by atoms with Crippen molar-refractivity contribution in [3.05, 3.63) is 75.4 Å². The Morgan fingerprint density at radius 2 is 1.85 bits per heavy atom. The third-order valence-electron chi connectivity index (χ3n) is 5.45. The van der Waals surface area contributed by atoms with Crippen molar-refractivity contribution in [3.63, 3.8) is 0 Å². The fourth-order valence-electron chi connectivity index (χ4n) is 3.60. The zero-order valence-electron chi connectivity index (χ0n) is 21.8. The Hall–Kier alpha value is -3.93. The Bertz CT molecular complexity index is 1380. The lowest BCUT2D eigenvalue weighted by Gasteiger charge is -2.28. The molecule has 1 heterocycles. The molecule has 1 amide bonds. The molecule has 9 nitrogen and oxygen atoms in total. The molecule has 0 aliphatic carbocycles. The quantitative estimate of drug-likeness (QED) is 0.265. The molecular weight excluding hydrogens is 578 g/mol. The third-order valence-corrected chi connectivity index (χ3v) is 6.06. The second kappa shape index (κ2) is 12.3. The number of nitrogens with two attached hydrogens (primary N) is 1. The van der Waals surface area contributed by atoms with Crippen LogP contribution in [0.4, 0.5) is 30.6 Å². The number of carboxylic acids is 1. The van der Waals surface area contributed by atoms with Gasteiger partial charge in [-0.3, -0.25) is 0 Å². The molecule has 4 N–H and O–H groups in total. The maximum absolute atomic E-state index is 14.4. The molecule has 0 unspecified atom stereocenters. The number of nitrogens with zero attached hydrogens (tertiary/aromatic N) is 2. The Labute approximate surface area is 233 Å². The molecule has 0 saturated heterocycles. The van der Waals surface area contributed by atoms with Crippen molar-refractivity contribution in [1.82, 2.24) is 9.88 Å². The van der Waals surface area contributed by atoms with Crippen molar-refractivity contribution in [2.24, 2.45) is 0 Å². The summed E-state index contributed by atoms with van der Waals surface area (Å²) in [5, 5.41) is 12.5. The highest BCUT2D eigenvalue weighted by Gasteiger charge is 2.24. The highest BCUT2D eigenvalue weighted by molar-refractivity contribution is 9.10. The number of carbonyl (C=O) groups is 2. The van der Waals surface area contributed by atoms with Crippen molar-refractivity contribution in [3.8, 4) is 5.88 Å². The second-order valence-electron chi connectivity index (χ2n) is 9.58. The lowest BCUT2D eigenvalue weighted by atomic mass is 10.1. The first-order chi connectivity index (χ1) is 18.3. The van der Waals surface area contributed by atoms with Crippen molar-refractivity contribution in [1.29, 1.82) is 0 Å². The summed E-state index contributed by atoms with van der Waals surface area (Å²) in [5.74, 6) is -2.32. The highest BCUT2D eigenvalue weighted by atomic mass is 79.9. The summed E-state index contributed by atoms with van der Waals surface area (Å²) in [6.07, 6.45) is -0.413. The average molecular weight is 607 g/mol. The molecule has 39 heavy (non-hydrogen) atoms. The van der Waals surface area contributed by atoms with E-state index in [0.29, 0.717) is 28.5 Å². The molecule has 0 saturated carbocycles. The molecule has 0 aliphatic rings. The minimum absolute atomic E-state index is 0.0393. The lowest BCUT2D eigenvalue weighted by Crippen LogP contribution is -2.38. The van der Waals surface area contributed by atoms with Gasteiger partial charge in [-0.15, -0.1) is 0 Å². The van der Waals surface area contributed by atoms with E-state index in [4.69, 9.17) is 15.2 Å². The number of halogens is 3. The fourth-order valence-corrected chi connectivity index (χ4v) is 3.94. The molecule has 12 heteroatoms. The Balaban J connectivity index is 1.96. The molecule has 0 bridgehead atoms. The van der Waals surface area contributed by atoms with Crippen LogP contribution < -0.4 is 15.8 Å². The van der Waals surface area contributed by atoms with Crippen molar-refractivity contribution < 1.29 is 33.0 Å². The number of nitrogens with one attached hydrogen (secondary N) is 1. The maximum atomic E-state index is 14.4. The number of pyridine rings is 1. The van der Waals surface area contributed by atoms with Crippen molar-refractivity contribution >= 4 is 45.1 Å². The van der Waals surface area contributed by atoms with E-state index in [1.165, 1.54) is 36.3 Å². The summed E-state index contributed by atoms with van der Waals surface area (Å²) in [7, 11) is 1.48. The topological polar surface area (TPSA) is 127 Å². The Morgan fingerprint density at radius 1 is 1.13 bits per heavy atom. The number of rotatable bonds is 9. The van der Waals surface area contributed by atoms with Crippen LogP contribution in [0.15, 0.2) is 46.9 Å². The van der Waals surface area contributed by atoms with Crippen molar-refractivity contribution in [2.45, 2.75) is 39.3 Å². The second-order valence-corrected chi connectivity index (χ2v) is 10.4. The van der Waals surface area contributed by atoms with Gasteiger partial charge >= 0.3 is 12.1 Å². The summed E-state index contributed by atoms with van der Waals surface area (Å²) in [4.78, 5) is 30.6. The zero-order chi connectivity index (χ0) is 28.9. The molecule has 0 fully saturated rings. The fraction of sp³-hybridized carbons (Fsp3) is 0.296. The van der Waals surface area contributed by atoms with Crippen LogP contribution in [0.5, 0.6) is 5.88 Å². The molecule has 1 aromatic heterocycles. The number of amides is 1. The SMILES string of the molecule is COc1ccc(N)c(CCN(Cc2cc(F)ccc2Nc2cc(Br)c(F)cc2C(=O)O)C(=O)OC(C)(C)C)n1. The largest absolute Gasteiger partial charge is 0.481 e. The number of carbonyl (C=O) groups excluding carboxylic acids is 1. The number of benzene rings is 2. The van der Waals surface area contributed by atoms with Gasteiger partial charge in [-0.1, -0.05) is 0 Å². The van der Waals surface area contributed by atoms with Crippen LogP contribution in [0.25, 0.3) is 0 Å². The Kier molecular flexibility index (Phi) is 9.33. The number of ether oxygens (including phenoxy) is 2. The summed E-state index contributed by atoms with van der Waals surface area (Å²) < 4.78 is 39.2. The number of methoxy groups -OCH3 is 1. The van der Waals surface area contributed by atoms with E-state index < -0.39 is 29.3 Å². The van der Waals surface area contributed by atoms with Crippen LogP contribution in [0, 0.1) is 11.6 Å². The molecular formula is C27H29BrF2N4O5. The van der Waals surface area contributed by atoms with Gasteiger partial charge in [0, 0.05) is 24.7 Å². The van der Waals surface area contributed by atoms with Gasteiger partial charge in [0.05, 0.1) is 40.8 Å². The molecule has 3 aromatic rings. The average Bonchev–Trinajstić information content (AvgIpc) is 2.84. The molecule has 0 atom stereocenters. The highest BCUT2D eigenvalue weighted by Crippen LogP contribution is 2.30. The van der Waals surface area contributed by atoms with Gasteiger partial charge in [0.2, 0.25) is 5.88 Å². The number of hydrogen-bond acceptors (Lipinski definition) is 7. The Morgan fingerprint density at radius 3 is 2.49 bits per heavy atom. The number of hydrogen-bond donors (Lipinski definition) is 3. The van der Waals surface area contributed by atoms with E-state index >= 15 is 0 Å². The van der Waals surface area contributed by atoms with Crippen LogP contribution in [0.3, 0.4) is 0 Å². The number of aromatic nitrogens is 1. The molecule has 2 aromatic carbocycles. The van der Waals surface area contributed by atoms with E-state index in [0.717, 1.165) is 6.07 Å². The van der Waals surface area contributed by atoms with Crippen LogP contribution >= 0.6 is 15.9 Å². The normalized spacial score (nSPS) is 11.2. The summed E-state index contributed by atoms with van der Waals surface area (Å²) in [6, 6.07) is 9.22. The minimum atomic E-state index is -1.36. The predicted octanol–water partition coefficient (Wildman–Crippen LogP) is 6.13. The van der Waals surface area contributed by atoms with E-state index in [1.807, 2.05) is 0 Å². The van der Waals surface area contributed by atoms with Crippen LogP contribution in [-0.2, 0) is 17.7 Å². The first-order valence-electron chi connectivity index (χ1n) is 11.8. The van der Waals surface area contributed by atoms with Gasteiger partial charge in [-0.2, -0.15) is 0 Å². The number of nitrogen functional groups attached to an aromatic ring is 1. The third kappa shape index (κ3) is 8.03. The molecule has 0 aliphatic heterocycles. The standard InChI is InChI=1S/C27H29BrF2N4O5/c1-27(2,3)39-26(37)34(10-9-22-20(31)6-8-24(33-22)38-4)14-15-11-16(29)5-7-21(15)32-23-13-18(28)19(30)12-17(23)25(35)36/h5-8,11-13,32H,9-10,14,31H2,1-4H3,(H,35,36). The lowest BCUT2D eigenvalue weighted by molar-refractivity contribution is 0.0235. The minimum Gasteiger partial charge on any atom is -0.481 e. The van der Waals surface area contributed by atoms with Gasteiger partial charge < -0.3 is 30.5 Å². The van der Waals surface area contributed by atoms with Crippen LogP contribution in [0.1, 0.15) is 42.4 Å². The number of anilines is 3. The van der Waals surface area contributed by atoms with Crippen LogP contribution in [-0.4, -0.2) is 46.3 Å². The molecule has 3 rings (SSSR count). The van der Waals surface area contributed by atoms with Crippen molar-refractivity contribution in [2.75, 3.05) is 24.7 Å². The molecule has 0 spiro atoms. The van der Waals surface area contributed by atoms with Gasteiger partial charge in [-0.05, 0) is 78.7 Å². The van der Waals surface area contributed by atoms with E-state index in [2.05, 4.69) is 26.2 Å². The van der Waals surface area contributed by atoms with Gasteiger partial charge in [0.1, 0.15) is 17.2 Å². The van der Waals surface area contributed by atoms with E-state index in [-0.39, 0.29) is 35.2 Å². The monoisotopic (exact) mass is 606 g/mol. The van der Waals surface area contributed by atoms with E-state index in [1.54, 1.807) is 32.9 Å². The van der Waals surface area contributed by atoms with Crippen LogP contribution in [0.2, 0.25) is 0 Å². The predicted molar refractivity (Wildman–Crippen MR) is 146 cm³/mol. The van der Waals surface area contributed by atoms with Gasteiger partial charge in [-0.25, -0.2) is 23.4 Å².